The molecule has 0 aromatic carbocycles. The molecule has 3 heteroatoms. The number of likely N-dealkylation sites (N-methyl/N-ethyl adjacent to an activating group) is 1. The zero-order chi connectivity index (χ0) is 15.9. The molecule has 5 atom stereocenters. The second kappa shape index (κ2) is 5.82. The van der Waals surface area contributed by atoms with E-state index >= 15 is 0 Å². The number of ether oxygens (including phenoxy) is 1. The Bertz CT molecular complexity index is 370. The van der Waals surface area contributed by atoms with Crippen molar-refractivity contribution in [2.45, 2.75) is 85.0 Å². The normalized spacial score (nSPS) is 38.4. The second-order valence-electron chi connectivity index (χ2n) is 8.50. The van der Waals surface area contributed by atoms with E-state index in [1.165, 1.54) is 19.3 Å². The molecule has 0 aliphatic heterocycles. The number of aliphatic hydroxyl groups is 1. The Morgan fingerprint density at radius 3 is 2.48 bits per heavy atom. The average molecular weight is 297 g/mol. The maximum atomic E-state index is 9.65. The molecule has 0 heterocycles. The molecule has 2 aliphatic rings. The van der Waals surface area contributed by atoms with Crippen LogP contribution < -0.4 is 5.32 Å². The molecule has 0 spiro atoms. The van der Waals surface area contributed by atoms with E-state index in [4.69, 9.17) is 4.74 Å². The van der Waals surface area contributed by atoms with Gasteiger partial charge in [-0.25, -0.2) is 0 Å². The highest BCUT2D eigenvalue weighted by atomic mass is 16.5. The van der Waals surface area contributed by atoms with Gasteiger partial charge in [0.1, 0.15) is 0 Å². The van der Waals surface area contributed by atoms with Crippen LogP contribution in [-0.4, -0.2) is 36.0 Å². The van der Waals surface area contributed by atoms with E-state index in [9.17, 15) is 5.11 Å². The molecule has 0 aromatic rings. The monoisotopic (exact) mass is 297 g/mol. The van der Waals surface area contributed by atoms with Crippen LogP contribution in [0.5, 0.6) is 0 Å². The van der Waals surface area contributed by atoms with Crippen molar-refractivity contribution < 1.29 is 9.84 Å². The highest BCUT2D eigenvalue weighted by molar-refractivity contribution is 5.11. The fourth-order valence-corrected chi connectivity index (χ4v) is 4.92. The Morgan fingerprint density at radius 2 is 2.05 bits per heavy atom. The maximum absolute atomic E-state index is 9.65. The molecule has 5 unspecified atom stereocenters. The molecule has 2 aliphatic carbocycles. The summed E-state index contributed by atoms with van der Waals surface area (Å²) < 4.78 is 6.48. The minimum Gasteiger partial charge on any atom is -0.394 e. The molecule has 3 nitrogen and oxygen atoms in total. The molecule has 2 saturated carbocycles. The molecule has 2 bridgehead atoms. The molecule has 124 valence electrons. The molecular weight excluding hydrogens is 262 g/mol. The van der Waals surface area contributed by atoms with Gasteiger partial charge in [0.2, 0.25) is 0 Å². The number of nitrogens with one attached hydrogen (secondary N) is 1. The lowest BCUT2D eigenvalue weighted by Gasteiger charge is -2.41. The van der Waals surface area contributed by atoms with Crippen LogP contribution in [0.4, 0.5) is 0 Å². The van der Waals surface area contributed by atoms with Gasteiger partial charge in [0.15, 0.2) is 0 Å². The van der Waals surface area contributed by atoms with Crippen LogP contribution in [0.3, 0.4) is 0 Å². The molecule has 0 saturated heterocycles. The summed E-state index contributed by atoms with van der Waals surface area (Å²) in [5, 5.41) is 13.0. The van der Waals surface area contributed by atoms with Gasteiger partial charge < -0.3 is 15.2 Å². The van der Waals surface area contributed by atoms with Gasteiger partial charge in [-0.3, -0.25) is 0 Å². The van der Waals surface area contributed by atoms with Crippen LogP contribution in [0.2, 0.25) is 0 Å². The predicted octanol–water partition coefficient (Wildman–Crippen LogP) is 3.36. The highest BCUT2D eigenvalue weighted by Crippen LogP contribution is 2.66. The summed E-state index contributed by atoms with van der Waals surface area (Å²) in [6, 6.07) is 0. The van der Waals surface area contributed by atoms with Crippen molar-refractivity contribution in [3.8, 4) is 0 Å². The van der Waals surface area contributed by atoms with Gasteiger partial charge in [-0.1, -0.05) is 27.7 Å². The van der Waals surface area contributed by atoms with E-state index < -0.39 is 0 Å². The lowest BCUT2D eigenvalue weighted by Crippen LogP contribution is -2.49. The van der Waals surface area contributed by atoms with Crippen LogP contribution in [-0.2, 0) is 4.74 Å². The minimum absolute atomic E-state index is 0.157. The molecule has 2 fully saturated rings. The minimum atomic E-state index is -0.234. The van der Waals surface area contributed by atoms with E-state index in [1.54, 1.807) is 0 Å². The third-order valence-electron chi connectivity index (χ3n) is 6.80. The van der Waals surface area contributed by atoms with Crippen LogP contribution in [0.25, 0.3) is 0 Å². The first kappa shape index (κ1) is 17.2. The van der Waals surface area contributed by atoms with Gasteiger partial charge in [-0.15, -0.1) is 0 Å². The summed E-state index contributed by atoms with van der Waals surface area (Å²) in [4.78, 5) is 0. The zero-order valence-electron chi connectivity index (χ0n) is 14.8. The topological polar surface area (TPSA) is 41.5 Å². The number of hydrogen-bond acceptors (Lipinski definition) is 3. The van der Waals surface area contributed by atoms with Crippen molar-refractivity contribution in [1.82, 2.24) is 5.32 Å². The van der Waals surface area contributed by atoms with Gasteiger partial charge in [-0.2, -0.15) is 0 Å². The summed E-state index contributed by atoms with van der Waals surface area (Å²) in [5.74, 6) is 0.817. The molecule has 21 heavy (non-hydrogen) atoms. The Hall–Kier alpha value is -0.120. The fourth-order valence-electron chi connectivity index (χ4n) is 4.92. The smallest absolute Gasteiger partial charge is 0.0640 e. The highest BCUT2D eigenvalue weighted by Gasteiger charge is 2.62. The first-order chi connectivity index (χ1) is 9.68. The van der Waals surface area contributed by atoms with Crippen molar-refractivity contribution in [3.05, 3.63) is 0 Å². The molecule has 2 rings (SSSR count). The maximum Gasteiger partial charge on any atom is 0.0640 e. The number of hydrogen-bond donors (Lipinski definition) is 2. The van der Waals surface area contributed by atoms with Crippen molar-refractivity contribution in [2.24, 2.45) is 16.7 Å². The number of rotatable bonds is 7. The third kappa shape index (κ3) is 2.89. The standard InChI is InChI=1S/C18H35NO2/c1-7-19-17(5,12-20)11-13(2)21-15-10-14-8-9-18(15,6)16(14,3)4/h13-15,19-20H,7-12H2,1-6H3. The molecule has 0 radical (unpaired) electrons. The molecular formula is C18H35NO2. The van der Waals surface area contributed by atoms with Crippen LogP contribution in [0, 0.1) is 16.7 Å². The van der Waals surface area contributed by atoms with Crippen LogP contribution in [0.15, 0.2) is 0 Å². The molecule has 2 N–H and O–H groups in total. The number of aliphatic hydroxyl groups excluding tert-OH is 1. The lowest BCUT2D eigenvalue weighted by atomic mass is 9.70. The summed E-state index contributed by atoms with van der Waals surface area (Å²) >= 11 is 0. The van der Waals surface area contributed by atoms with Crippen molar-refractivity contribution in [3.63, 3.8) is 0 Å². The Kier molecular flexibility index (Phi) is 4.78. The third-order valence-corrected chi connectivity index (χ3v) is 6.80. The van der Waals surface area contributed by atoms with E-state index in [0.29, 0.717) is 16.9 Å². The van der Waals surface area contributed by atoms with E-state index in [-0.39, 0.29) is 18.2 Å². The van der Waals surface area contributed by atoms with E-state index in [0.717, 1.165) is 18.9 Å². The first-order valence-corrected chi connectivity index (χ1v) is 8.70. The summed E-state index contributed by atoms with van der Waals surface area (Å²) in [6.07, 6.45) is 5.29. The summed E-state index contributed by atoms with van der Waals surface area (Å²) in [6.45, 7) is 14.6. The predicted molar refractivity (Wildman–Crippen MR) is 87.3 cm³/mol. The van der Waals surface area contributed by atoms with Crippen molar-refractivity contribution >= 4 is 0 Å². The summed E-state index contributed by atoms with van der Waals surface area (Å²) in [5.41, 5.74) is 0.487. The lowest BCUT2D eigenvalue weighted by molar-refractivity contribution is -0.0906. The van der Waals surface area contributed by atoms with Crippen LogP contribution in [0.1, 0.15) is 67.2 Å². The van der Waals surface area contributed by atoms with Gasteiger partial charge in [0.25, 0.3) is 0 Å². The molecule has 0 amide bonds. The second-order valence-corrected chi connectivity index (χ2v) is 8.50. The van der Waals surface area contributed by atoms with Gasteiger partial charge in [-0.05, 0) is 62.8 Å². The summed E-state index contributed by atoms with van der Waals surface area (Å²) in [7, 11) is 0. The Morgan fingerprint density at radius 1 is 1.38 bits per heavy atom. The van der Waals surface area contributed by atoms with Gasteiger partial charge in [0.05, 0.1) is 18.8 Å². The van der Waals surface area contributed by atoms with Crippen molar-refractivity contribution in [2.75, 3.05) is 13.2 Å². The Balaban J connectivity index is 1.97. The van der Waals surface area contributed by atoms with Crippen LogP contribution >= 0.6 is 0 Å². The SMILES string of the molecule is CCNC(C)(CO)CC(C)OC1CC2CCC1(C)C2(C)C. The van der Waals surface area contributed by atoms with E-state index in [2.05, 4.69) is 46.9 Å². The first-order valence-electron chi connectivity index (χ1n) is 8.70. The average Bonchev–Trinajstić information content (AvgIpc) is 2.72. The van der Waals surface area contributed by atoms with Gasteiger partial charge >= 0.3 is 0 Å². The number of fused-ring (bicyclic) bond motifs is 2. The van der Waals surface area contributed by atoms with Gasteiger partial charge in [0, 0.05) is 5.54 Å². The Labute approximate surface area is 130 Å². The van der Waals surface area contributed by atoms with Crippen molar-refractivity contribution in [1.29, 1.82) is 0 Å². The quantitative estimate of drug-likeness (QED) is 0.757. The zero-order valence-corrected chi connectivity index (χ0v) is 14.8. The largest absolute Gasteiger partial charge is 0.394 e. The fraction of sp³-hybridized carbons (Fsp3) is 1.00. The molecule has 0 aromatic heterocycles. The van der Waals surface area contributed by atoms with E-state index in [1.807, 2.05) is 0 Å².